The number of nitrogens with zero attached hydrogens (tertiary/aromatic N) is 2. The van der Waals surface area contributed by atoms with Crippen molar-refractivity contribution in [3.63, 3.8) is 0 Å². The van der Waals surface area contributed by atoms with Gasteiger partial charge in [-0.25, -0.2) is 0 Å². The Morgan fingerprint density at radius 1 is 0.966 bits per heavy atom. The SMILES string of the molecule is COC(=O)C12C(=O)C3=C(SC(=C(C#N)C#N)S3)C(=O)C1(C(=O)OC)C1C=CC2C1. The van der Waals surface area contributed by atoms with Crippen LogP contribution in [0.5, 0.6) is 0 Å². The van der Waals surface area contributed by atoms with Gasteiger partial charge in [-0.1, -0.05) is 35.7 Å². The number of ketones is 2. The second-order valence-electron chi connectivity index (χ2n) is 6.84. The average molecular weight is 428 g/mol. The molecule has 3 aliphatic carbocycles. The third-order valence-corrected chi connectivity index (χ3v) is 8.58. The summed E-state index contributed by atoms with van der Waals surface area (Å²) in [7, 11) is 2.20. The Kier molecular flexibility index (Phi) is 4.26. The summed E-state index contributed by atoms with van der Waals surface area (Å²) in [6.45, 7) is 0. The van der Waals surface area contributed by atoms with Gasteiger partial charge in [-0.05, 0) is 6.42 Å². The van der Waals surface area contributed by atoms with E-state index in [1.165, 1.54) is 0 Å². The van der Waals surface area contributed by atoms with E-state index in [2.05, 4.69) is 0 Å². The number of rotatable bonds is 2. The summed E-state index contributed by atoms with van der Waals surface area (Å²) in [5.74, 6) is -4.74. The number of fused-ring (bicyclic) bond motifs is 5. The van der Waals surface area contributed by atoms with Crippen molar-refractivity contribution in [1.29, 1.82) is 10.5 Å². The van der Waals surface area contributed by atoms with E-state index in [0.29, 0.717) is 0 Å². The Hall–Kier alpha value is -2.82. The Labute approximate surface area is 173 Å². The van der Waals surface area contributed by atoms with E-state index in [9.17, 15) is 19.2 Å². The van der Waals surface area contributed by atoms with Crippen molar-refractivity contribution in [2.75, 3.05) is 14.2 Å². The van der Waals surface area contributed by atoms with Crippen LogP contribution in [-0.2, 0) is 28.7 Å². The smallest absolute Gasteiger partial charge is 0.322 e. The standard InChI is InChI=1S/C19H12N2O6S2/c1-26-16(24)18-9-3-4-10(5-9)19(18,17(25)27-2)14(23)12-11(13(18)22)28-15(29-12)8(6-20)7-21/h3-4,9-10H,5H2,1-2H3. The topological polar surface area (TPSA) is 134 Å². The number of esters is 2. The van der Waals surface area contributed by atoms with Gasteiger partial charge in [-0.2, -0.15) is 10.5 Å². The fourth-order valence-corrected chi connectivity index (χ4v) is 7.48. The van der Waals surface area contributed by atoms with Crippen molar-refractivity contribution in [3.8, 4) is 12.1 Å². The molecule has 1 aliphatic heterocycles. The van der Waals surface area contributed by atoms with E-state index >= 15 is 0 Å². The van der Waals surface area contributed by atoms with Crippen molar-refractivity contribution >= 4 is 47.0 Å². The van der Waals surface area contributed by atoms with Crippen LogP contribution in [0.2, 0.25) is 0 Å². The fourth-order valence-electron chi connectivity index (χ4n) is 4.93. The molecule has 1 saturated carbocycles. The first kappa shape index (κ1) is 19.5. The van der Waals surface area contributed by atoms with Crippen LogP contribution in [0.15, 0.2) is 31.8 Å². The number of allylic oxidation sites excluding steroid dienone is 5. The van der Waals surface area contributed by atoms with Crippen LogP contribution in [-0.4, -0.2) is 37.7 Å². The van der Waals surface area contributed by atoms with Gasteiger partial charge in [0.1, 0.15) is 17.7 Å². The molecule has 4 rings (SSSR count). The monoisotopic (exact) mass is 428 g/mol. The summed E-state index contributed by atoms with van der Waals surface area (Å²) in [4.78, 5) is 53.5. The number of methoxy groups -OCH3 is 2. The van der Waals surface area contributed by atoms with Crippen LogP contribution in [0, 0.1) is 45.3 Å². The highest BCUT2D eigenvalue weighted by Gasteiger charge is 2.83. The number of carbonyl (C=O) groups is 4. The average Bonchev–Trinajstić information content (AvgIpc) is 3.45. The van der Waals surface area contributed by atoms with E-state index in [1.807, 2.05) is 0 Å². The number of hydrogen-bond donors (Lipinski definition) is 0. The van der Waals surface area contributed by atoms with Crippen LogP contribution >= 0.6 is 23.5 Å². The molecule has 4 atom stereocenters. The first-order valence-corrected chi connectivity index (χ1v) is 10.1. The first-order valence-electron chi connectivity index (χ1n) is 8.45. The van der Waals surface area contributed by atoms with Crippen molar-refractivity contribution in [2.45, 2.75) is 6.42 Å². The van der Waals surface area contributed by atoms with Gasteiger partial charge < -0.3 is 9.47 Å². The largest absolute Gasteiger partial charge is 0.468 e. The third-order valence-electron chi connectivity index (χ3n) is 5.98. The van der Waals surface area contributed by atoms with Crippen LogP contribution in [0.4, 0.5) is 0 Å². The predicted molar refractivity (Wildman–Crippen MR) is 100 cm³/mol. The third kappa shape index (κ3) is 1.96. The Morgan fingerprint density at radius 2 is 1.38 bits per heavy atom. The second-order valence-corrected chi connectivity index (χ2v) is 9.14. The number of Topliss-reactive ketones (excluding diaryl/α,β-unsaturated/α-hetero) is 2. The molecule has 29 heavy (non-hydrogen) atoms. The zero-order valence-electron chi connectivity index (χ0n) is 15.2. The summed E-state index contributed by atoms with van der Waals surface area (Å²) in [6, 6.07) is 3.46. The molecule has 4 aliphatic rings. The van der Waals surface area contributed by atoms with Crippen LogP contribution in [0.3, 0.4) is 0 Å². The lowest BCUT2D eigenvalue weighted by Gasteiger charge is -2.47. The first-order chi connectivity index (χ1) is 13.9. The van der Waals surface area contributed by atoms with E-state index < -0.39 is 46.2 Å². The van der Waals surface area contributed by atoms with Crippen molar-refractivity contribution in [1.82, 2.24) is 0 Å². The van der Waals surface area contributed by atoms with Crippen molar-refractivity contribution in [3.05, 3.63) is 31.8 Å². The lowest BCUT2D eigenvalue weighted by Crippen LogP contribution is -2.65. The lowest BCUT2D eigenvalue weighted by atomic mass is 9.51. The minimum atomic E-state index is -2.06. The fraction of sp³-hybridized carbons (Fsp3) is 0.368. The molecule has 10 heteroatoms. The Bertz CT molecular complexity index is 1010. The highest BCUT2D eigenvalue weighted by atomic mass is 32.2. The van der Waals surface area contributed by atoms with E-state index in [1.54, 1.807) is 24.3 Å². The van der Waals surface area contributed by atoms with Gasteiger partial charge in [0.05, 0.1) is 28.3 Å². The predicted octanol–water partition coefficient (Wildman–Crippen LogP) is 1.61. The summed E-state index contributed by atoms with van der Waals surface area (Å²) in [5, 5.41) is 18.3. The molecule has 0 aromatic carbocycles. The van der Waals surface area contributed by atoms with Crippen LogP contribution in [0.25, 0.3) is 0 Å². The lowest BCUT2D eigenvalue weighted by molar-refractivity contribution is -0.185. The molecule has 0 saturated heterocycles. The molecule has 1 heterocycles. The number of thioether (sulfide) groups is 2. The minimum absolute atomic E-state index is 0.0381. The second kappa shape index (κ2) is 6.34. The van der Waals surface area contributed by atoms with Crippen molar-refractivity contribution in [2.24, 2.45) is 22.7 Å². The van der Waals surface area contributed by atoms with Gasteiger partial charge in [0, 0.05) is 11.8 Å². The maximum Gasteiger partial charge on any atom is 0.322 e. The van der Waals surface area contributed by atoms with E-state index in [0.717, 1.165) is 37.7 Å². The molecule has 4 unspecified atom stereocenters. The molecular formula is C19H12N2O6S2. The minimum Gasteiger partial charge on any atom is -0.468 e. The summed E-state index contributed by atoms with van der Waals surface area (Å²) in [6.07, 6.45) is 3.60. The molecule has 0 radical (unpaired) electrons. The molecule has 2 bridgehead atoms. The van der Waals surface area contributed by atoms with Crippen LogP contribution in [0.1, 0.15) is 6.42 Å². The highest BCUT2D eigenvalue weighted by molar-refractivity contribution is 8.29. The molecule has 0 N–H and O–H groups in total. The zero-order valence-corrected chi connectivity index (χ0v) is 16.8. The maximum atomic E-state index is 13.7. The molecule has 0 aromatic heterocycles. The molecule has 0 spiro atoms. The van der Waals surface area contributed by atoms with Crippen LogP contribution < -0.4 is 0 Å². The molecular weight excluding hydrogens is 416 g/mol. The van der Waals surface area contributed by atoms with Gasteiger partial charge in [-0.15, -0.1) is 0 Å². The summed E-state index contributed by atoms with van der Waals surface area (Å²) < 4.78 is 10.1. The highest BCUT2D eigenvalue weighted by Crippen LogP contribution is 2.72. The Balaban J connectivity index is 2.03. The Morgan fingerprint density at radius 3 is 1.72 bits per heavy atom. The molecule has 146 valence electrons. The summed E-state index contributed by atoms with van der Waals surface area (Å²) >= 11 is 1.61. The van der Waals surface area contributed by atoms with Gasteiger partial charge in [0.15, 0.2) is 22.4 Å². The van der Waals surface area contributed by atoms with E-state index in [-0.39, 0.29) is 26.0 Å². The normalized spacial score (nSPS) is 33.7. The van der Waals surface area contributed by atoms with E-state index in [4.69, 9.17) is 20.0 Å². The van der Waals surface area contributed by atoms with Gasteiger partial charge in [0.25, 0.3) is 0 Å². The van der Waals surface area contributed by atoms with Gasteiger partial charge in [-0.3, -0.25) is 19.2 Å². The molecule has 8 nitrogen and oxygen atoms in total. The number of carbonyl (C=O) groups excluding carboxylic acids is 4. The molecule has 0 aromatic rings. The zero-order chi connectivity index (χ0) is 21.1. The maximum absolute atomic E-state index is 13.7. The molecule has 1 fully saturated rings. The van der Waals surface area contributed by atoms with Gasteiger partial charge in [0.2, 0.25) is 0 Å². The molecule has 0 amide bonds. The quantitative estimate of drug-likeness (QED) is 0.276. The van der Waals surface area contributed by atoms with Crippen molar-refractivity contribution < 1.29 is 28.7 Å². The summed E-state index contributed by atoms with van der Waals surface area (Å²) in [5.41, 5.74) is -4.38. The number of nitriles is 2. The number of ether oxygens (including phenoxy) is 2. The number of hydrogen-bond acceptors (Lipinski definition) is 10. The van der Waals surface area contributed by atoms with Gasteiger partial charge >= 0.3 is 11.9 Å².